The molecule has 0 radical (unpaired) electrons. The molecule has 1 aromatic carbocycles. The Labute approximate surface area is 208 Å². The third-order valence-corrected chi connectivity index (χ3v) is 5.86. The van der Waals surface area contributed by atoms with Crippen molar-refractivity contribution in [3.63, 3.8) is 0 Å². The number of hydrogen-bond donors (Lipinski definition) is 4. The molecular formula is C27H40N4O4. The van der Waals surface area contributed by atoms with Crippen LogP contribution in [0.25, 0.3) is 10.9 Å². The second kappa shape index (κ2) is 13.7. The number of carbonyl (C=O) groups is 4. The van der Waals surface area contributed by atoms with Crippen LogP contribution in [0.3, 0.4) is 0 Å². The Kier molecular flexibility index (Phi) is 11.0. The molecule has 8 heteroatoms. The van der Waals surface area contributed by atoms with Gasteiger partial charge in [0, 0.05) is 36.5 Å². The van der Waals surface area contributed by atoms with E-state index in [0.29, 0.717) is 32.1 Å². The topological polar surface area (TPSA) is 120 Å². The van der Waals surface area contributed by atoms with E-state index in [0.717, 1.165) is 22.8 Å². The number of carbonyl (C=O) groups excluding carboxylic acids is 4. The highest BCUT2D eigenvalue weighted by atomic mass is 16.2. The lowest BCUT2D eigenvalue weighted by Gasteiger charge is -2.27. The molecule has 0 saturated heterocycles. The minimum Gasteiger partial charge on any atom is -0.361 e. The van der Waals surface area contributed by atoms with Gasteiger partial charge in [-0.15, -0.1) is 0 Å². The zero-order valence-corrected chi connectivity index (χ0v) is 21.5. The van der Waals surface area contributed by atoms with E-state index in [4.69, 9.17) is 0 Å². The van der Waals surface area contributed by atoms with Crippen molar-refractivity contribution in [1.29, 1.82) is 0 Å². The maximum Gasteiger partial charge on any atom is 0.243 e. The van der Waals surface area contributed by atoms with Gasteiger partial charge in [0.25, 0.3) is 0 Å². The van der Waals surface area contributed by atoms with Gasteiger partial charge in [-0.2, -0.15) is 0 Å². The van der Waals surface area contributed by atoms with Crippen LogP contribution >= 0.6 is 0 Å². The predicted molar refractivity (Wildman–Crippen MR) is 138 cm³/mol. The first-order valence-electron chi connectivity index (χ1n) is 12.5. The molecule has 192 valence electrons. The van der Waals surface area contributed by atoms with Crippen LogP contribution in [0.15, 0.2) is 30.5 Å². The molecule has 1 heterocycles. The first-order chi connectivity index (χ1) is 16.6. The molecule has 1 aromatic heterocycles. The summed E-state index contributed by atoms with van der Waals surface area (Å²) in [4.78, 5) is 52.3. The van der Waals surface area contributed by atoms with Gasteiger partial charge in [-0.3, -0.25) is 14.4 Å². The highest BCUT2D eigenvalue weighted by Crippen LogP contribution is 2.20. The van der Waals surface area contributed by atoms with E-state index >= 15 is 0 Å². The van der Waals surface area contributed by atoms with Crippen molar-refractivity contribution in [2.45, 2.75) is 84.8 Å². The normalized spacial score (nSPS) is 13.9. The molecule has 0 aliphatic rings. The Morgan fingerprint density at radius 1 is 0.914 bits per heavy atom. The first kappa shape index (κ1) is 28.1. The van der Waals surface area contributed by atoms with Gasteiger partial charge >= 0.3 is 0 Å². The van der Waals surface area contributed by atoms with E-state index in [2.05, 4.69) is 20.9 Å². The molecule has 8 nitrogen and oxygen atoms in total. The first-order valence-corrected chi connectivity index (χ1v) is 12.5. The third kappa shape index (κ3) is 9.19. The fourth-order valence-corrected chi connectivity index (χ4v) is 4.29. The van der Waals surface area contributed by atoms with E-state index in [-0.39, 0.29) is 35.6 Å². The number of nitrogens with one attached hydrogen (secondary N) is 4. The molecular weight excluding hydrogens is 444 g/mol. The molecule has 2 aromatic rings. The molecule has 2 rings (SSSR count). The summed E-state index contributed by atoms with van der Waals surface area (Å²) in [7, 11) is 0. The van der Waals surface area contributed by atoms with Gasteiger partial charge in [0.05, 0.1) is 0 Å². The summed E-state index contributed by atoms with van der Waals surface area (Å²) in [5.74, 6) is -0.579. The minimum absolute atomic E-state index is 0.164. The Hall–Kier alpha value is -3.16. The van der Waals surface area contributed by atoms with Gasteiger partial charge in [-0.1, -0.05) is 45.9 Å². The van der Waals surface area contributed by atoms with Crippen molar-refractivity contribution in [2.75, 3.05) is 0 Å². The van der Waals surface area contributed by atoms with Crippen molar-refractivity contribution < 1.29 is 19.2 Å². The molecule has 3 atom stereocenters. The number of para-hydroxylation sites is 1. The summed E-state index contributed by atoms with van der Waals surface area (Å²) in [6.45, 7) is 9.30. The number of fused-ring (bicyclic) bond motifs is 1. The summed E-state index contributed by atoms with van der Waals surface area (Å²) in [6, 6.07) is 6.24. The quantitative estimate of drug-likeness (QED) is 0.308. The fourth-order valence-electron chi connectivity index (χ4n) is 4.29. The molecule has 35 heavy (non-hydrogen) atoms. The number of amides is 3. The smallest absolute Gasteiger partial charge is 0.243 e. The van der Waals surface area contributed by atoms with Crippen molar-refractivity contribution in [1.82, 2.24) is 20.9 Å². The molecule has 3 amide bonds. The molecule has 0 spiro atoms. The number of benzene rings is 1. The number of aldehydes is 1. The maximum absolute atomic E-state index is 13.3. The van der Waals surface area contributed by atoms with Gasteiger partial charge in [0.1, 0.15) is 18.4 Å². The SMILES string of the molecule is CC(=O)N[C@@H](CC(C)C)C(=O)N[C@@H](CC(C)C)C(=O)NC(CCC=O)Cc1c[nH]c2ccccc12. The molecule has 0 bridgehead atoms. The molecule has 0 fully saturated rings. The van der Waals surface area contributed by atoms with Crippen molar-refractivity contribution in [3.8, 4) is 0 Å². The summed E-state index contributed by atoms with van der Waals surface area (Å²) in [6.07, 6.45) is 5.11. The molecule has 1 unspecified atom stereocenters. The summed E-state index contributed by atoms with van der Waals surface area (Å²) < 4.78 is 0. The van der Waals surface area contributed by atoms with Crippen LogP contribution in [0, 0.1) is 11.8 Å². The van der Waals surface area contributed by atoms with Gasteiger partial charge in [-0.25, -0.2) is 0 Å². The Morgan fingerprint density at radius 2 is 1.51 bits per heavy atom. The van der Waals surface area contributed by atoms with Crippen LogP contribution in [-0.2, 0) is 25.6 Å². The summed E-state index contributed by atoms with van der Waals surface area (Å²) in [5, 5.41) is 9.72. The van der Waals surface area contributed by atoms with E-state index < -0.39 is 12.1 Å². The van der Waals surface area contributed by atoms with E-state index in [1.54, 1.807) is 0 Å². The van der Waals surface area contributed by atoms with Crippen molar-refractivity contribution in [3.05, 3.63) is 36.0 Å². The fraction of sp³-hybridized carbons (Fsp3) is 0.556. The zero-order valence-electron chi connectivity index (χ0n) is 21.5. The second-order valence-corrected chi connectivity index (χ2v) is 10.1. The highest BCUT2D eigenvalue weighted by Gasteiger charge is 2.28. The van der Waals surface area contributed by atoms with Crippen LogP contribution in [0.5, 0.6) is 0 Å². The van der Waals surface area contributed by atoms with Gasteiger partial charge < -0.3 is 25.7 Å². The monoisotopic (exact) mass is 484 g/mol. The standard InChI is InChI=1S/C27H40N4O4/c1-17(2)13-24(29-19(5)33)27(35)31-25(14-18(3)4)26(34)30-21(9-8-12-32)15-20-16-28-23-11-7-6-10-22(20)23/h6-7,10-12,16-18,21,24-25,28H,8-9,13-15H2,1-5H3,(H,29,33)(H,30,34)(H,31,35)/t21?,24-,25-/m0/s1. The Morgan fingerprint density at radius 3 is 2.11 bits per heavy atom. The lowest BCUT2D eigenvalue weighted by molar-refractivity contribution is -0.132. The van der Waals surface area contributed by atoms with Crippen molar-refractivity contribution >= 4 is 34.9 Å². The van der Waals surface area contributed by atoms with E-state index in [1.807, 2.05) is 58.2 Å². The summed E-state index contributed by atoms with van der Waals surface area (Å²) in [5.41, 5.74) is 2.07. The van der Waals surface area contributed by atoms with Gasteiger partial charge in [0.2, 0.25) is 17.7 Å². The van der Waals surface area contributed by atoms with Crippen molar-refractivity contribution in [2.24, 2.45) is 11.8 Å². The van der Waals surface area contributed by atoms with Crippen LogP contribution in [-0.4, -0.2) is 47.1 Å². The largest absolute Gasteiger partial charge is 0.361 e. The number of H-pyrrole nitrogens is 1. The average molecular weight is 485 g/mol. The molecule has 4 N–H and O–H groups in total. The van der Waals surface area contributed by atoms with E-state index in [9.17, 15) is 19.2 Å². The number of aromatic nitrogens is 1. The predicted octanol–water partition coefficient (Wildman–Crippen LogP) is 3.26. The average Bonchev–Trinajstić information content (AvgIpc) is 3.18. The Bertz CT molecular complexity index is 998. The van der Waals surface area contributed by atoms with Crippen LogP contribution in [0.4, 0.5) is 0 Å². The Balaban J connectivity index is 2.17. The van der Waals surface area contributed by atoms with E-state index in [1.165, 1.54) is 6.92 Å². The zero-order chi connectivity index (χ0) is 26.0. The maximum atomic E-state index is 13.3. The number of hydrogen-bond acceptors (Lipinski definition) is 4. The molecule has 0 saturated carbocycles. The number of rotatable bonds is 14. The molecule has 0 aliphatic carbocycles. The third-order valence-electron chi connectivity index (χ3n) is 5.86. The molecule has 0 aliphatic heterocycles. The van der Waals surface area contributed by atoms with Gasteiger partial charge in [0.15, 0.2) is 0 Å². The number of aromatic amines is 1. The lowest BCUT2D eigenvalue weighted by Crippen LogP contribution is -2.55. The van der Waals surface area contributed by atoms with Gasteiger partial charge in [-0.05, 0) is 49.1 Å². The summed E-state index contributed by atoms with van der Waals surface area (Å²) >= 11 is 0. The highest BCUT2D eigenvalue weighted by molar-refractivity contribution is 5.92. The van der Waals surface area contributed by atoms with Crippen LogP contribution < -0.4 is 16.0 Å². The van der Waals surface area contributed by atoms with Crippen LogP contribution in [0.2, 0.25) is 0 Å². The minimum atomic E-state index is -0.743. The van der Waals surface area contributed by atoms with Crippen LogP contribution in [0.1, 0.15) is 65.9 Å². The lowest BCUT2D eigenvalue weighted by atomic mass is 9.98. The second-order valence-electron chi connectivity index (χ2n) is 10.1.